The predicted octanol–water partition coefficient (Wildman–Crippen LogP) is 5.20. The highest BCUT2D eigenvalue weighted by atomic mass is 32.2. The molecular formula is C34H45NO7S. The van der Waals surface area contributed by atoms with Gasteiger partial charge in [-0.05, 0) is 61.2 Å². The van der Waals surface area contributed by atoms with Crippen LogP contribution in [0, 0.1) is 0 Å². The fourth-order valence-electron chi connectivity index (χ4n) is 5.28. The first-order valence-corrected chi connectivity index (χ1v) is 17.1. The molecule has 1 N–H and O–H groups in total. The third kappa shape index (κ3) is 11.2. The third-order valence-corrected chi connectivity index (χ3v) is 8.52. The van der Waals surface area contributed by atoms with Crippen LogP contribution in [0.4, 0.5) is 0 Å². The summed E-state index contributed by atoms with van der Waals surface area (Å²) in [4.78, 5) is 0. The molecular weight excluding hydrogens is 566 g/mol. The fourth-order valence-corrected chi connectivity index (χ4v) is 5.95. The summed E-state index contributed by atoms with van der Waals surface area (Å²) in [5, 5.41) is 3.45. The van der Waals surface area contributed by atoms with Crippen molar-refractivity contribution in [1.82, 2.24) is 5.32 Å². The van der Waals surface area contributed by atoms with Crippen LogP contribution in [-0.2, 0) is 32.3 Å². The highest BCUT2D eigenvalue weighted by Gasteiger charge is 2.27. The minimum Gasteiger partial charge on any atom is -0.496 e. The van der Waals surface area contributed by atoms with Crippen molar-refractivity contribution in [3.8, 4) is 17.2 Å². The second-order valence-electron chi connectivity index (χ2n) is 10.8. The van der Waals surface area contributed by atoms with Crippen molar-refractivity contribution in [3.05, 3.63) is 89.5 Å². The Labute approximate surface area is 256 Å². The van der Waals surface area contributed by atoms with Crippen LogP contribution in [0.1, 0.15) is 41.9 Å². The average molecular weight is 612 g/mol. The van der Waals surface area contributed by atoms with E-state index in [0.29, 0.717) is 51.8 Å². The maximum atomic E-state index is 11.5. The number of methoxy groups -OCH3 is 1. The van der Waals surface area contributed by atoms with Crippen molar-refractivity contribution in [2.24, 2.45) is 0 Å². The topological polar surface area (TPSA) is 92.3 Å². The lowest BCUT2D eigenvalue weighted by Gasteiger charge is -2.32. The summed E-state index contributed by atoms with van der Waals surface area (Å²) in [5.74, 6) is 2.95. The largest absolute Gasteiger partial charge is 0.496 e. The van der Waals surface area contributed by atoms with Gasteiger partial charge in [0, 0.05) is 30.7 Å². The normalized spacial score (nSPS) is 17.0. The van der Waals surface area contributed by atoms with Gasteiger partial charge in [0.05, 0.1) is 45.4 Å². The van der Waals surface area contributed by atoms with Gasteiger partial charge < -0.3 is 29.0 Å². The molecule has 0 amide bonds. The van der Waals surface area contributed by atoms with Gasteiger partial charge in [-0.2, -0.15) is 0 Å². The van der Waals surface area contributed by atoms with Gasteiger partial charge in [0.2, 0.25) is 0 Å². The number of para-hydroxylation sites is 2. The first-order valence-electron chi connectivity index (χ1n) is 15.1. The van der Waals surface area contributed by atoms with E-state index in [2.05, 4.69) is 17.4 Å². The summed E-state index contributed by atoms with van der Waals surface area (Å²) in [6, 6.07) is 24.0. The molecule has 0 spiro atoms. The Morgan fingerprint density at radius 1 is 0.814 bits per heavy atom. The summed E-state index contributed by atoms with van der Waals surface area (Å²) >= 11 is 0. The molecule has 0 aliphatic carbocycles. The van der Waals surface area contributed by atoms with Crippen LogP contribution in [0.5, 0.6) is 17.2 Å². The molecule has 1 aliphatic heterocycles. The Kier molecular flexibility index (Phi) is 13.2. The lowest BCUT2D eigenvalue weighted by Crippen LogP contribution is -2.41. The van der Waals surface area contributed by atoms with Crippen molar-refractivity contribution >= 4 is 9.84 Å². The molecule has 1 fully saturated rings. The standard InChI is InChI=1S/C34H45NO7S/c1-38-32-12-5-4-10-29(32)26-39-20-8-21-40-30-16-14-27(15-17-30)31-18-19-35-25-34(31)42-23-22-41-33-13-6-3-9-28(33)11-7-24-43(2,36)37/h3-6,9-10,12-17,31,34-35H,7-8,11,18-26H2,1-2H3/t31-,34-/m1/s1. The molecule has 234 valence electrons. The van der Waals surface area contributed by atoms with Crippen molar-refractivity contribution in [2.45, 2.75) is 44.3 Å². The van der Waals surface area contributed by atoms with Gasteiger partial charge in [-0.25, -0.2) is 8.42 Å². The summed E-state index contributed by atoms with van der Waals surface area (Å²) < 4.78 is 52.4. The van der Waals surface area contributed by atoms with Gasteiger partial charge in [0.1, 0.15) is 33.7 Å². The summed E-state index contributed by atoms with van der Waals surface area (Å²) in [6.45, 7) is 4.37. The molecule has 4 rings (SSSR count). The average Bonchev–Trinajstić information content (AvgIpc) is 3.02. The molecule has 43 heavy (non-hydrogen) atoms. The summed E-state index contributed by atoms with van der Waals surface area (Å²) in [6.07, 6.45) is 4.36. The number of hydrogen-bond acceptors (Lipinski definition) is 8. The lowest BCUT2D eigenvalue weighted by atomic mass is 9.88. The van der Waals surface area contributed by atoms with Crippen molar-refractivity contribution in [2.75, 3.05) is 58.6 Å². The van der Waals surface area contributed by atoms with Crippen molar-refractivity contribution in [1.29, 1.82) is 0 Å². The van der Waals surface area contributed by atoms with Crippen LogP contribution < -0.4 is 19.5 Å². The second kappa shape index (κ2) is 17.3. The molecule has 1 heterocycles. The number of rotatable bonds is 18. The van der Waals surface area contributed by atoms with Crippen molar-refractivity contribution in [3.63, 3.8) is 0 Å². The van der Waals surface area contributed by atoms with E-state index < -0.39 is 9.84 Å². The number of ether oxygens (including phenoxy) is 5. The van der Waals surface area contributed by atoms with Gasteiger partial charge in [0.15, 0.2) is 0 Å². The molecule has 0 bridgehead atoms. The molecule has 0 radical (unpaired) electrons. The zero-order chi connectivity index (χ0) is 30.3. The molecule has 2 atom stereocenters. The number of aryl methyl sites for hydroxylation is 1. The molecule has 3 aromatic carbocycles. The zero-order valence-corrected chi connectivity index (χ0v) is 26.2. The highest BCUT2D eigenvalue weighted by molar-refractivity contribution is 7.90. The van der Waals surface area contributed by atoms with Gasteiger partial charge >= 0.3 is 0 Å². The third-order valence-electron chi connectivity index (χ3n) is 7.49. The van der Waals surface area contributed by atoms with E-state index in [1.54, 1.807) is 7.11 Å². The van der Waals surface area contributed by atoms with Gasteiger partial charge in [-0.15, -0.1) is 0 Å². The first kappa shape index (κ1) is 32.8. The Morgan fingerprint density at radius 2 is 1.56 bits per heavy atom. The maximum Gasteiger partial charge on any atom is 0.147 e. The highest BCUT2D eigenvalue weighted by Crippen LogP contribution is 2.29. The number of piperidine rings is 1. The number of benzene rings is 3. The van der Waals surface area contributed by atoms with Crippen LogP contribution in [0.15, 0.2) is 72.8 Å². The lowest BCUT2D eigenvalue weighted by molar-refractivity contribution is 0.00721. The minimum atomic E-state index is -2.97. The molecule has 8 nitrogen and oxygen atoms in total. The minimum absolute atomic E-state index is 0.0505. The van der Waals surface area contributed by atoms with E-state index in [0.717, 1.165) is 54.3 Å². The van der Waals surface area contributed by atoms with E-state index in [4.69, 9.17) is 23.7 Å². The van der Waals surface area contributed by atoms with Gasteiger partial charge in [-0.1, -0.05) is 48.5 Å². The molecule has 1 saturated heterocycles. The summed E-state index contributed by atoms with van der Waals surface area (Å²) in [7, 11) is -1.30. The Hall–Kier alpha value is -3.11. The van der Waals surface area contributed by atoms with Gasteiger partial charge in [-0.3, -0.25) is 0 Å². The SMILES string of the molecule is COc1ccccc1COCCCOc1ccc([C@H]2CCNC[C@H]2OCCOc2ccccc2CCCS(C)(=O)=O)cc1. The van der Waals surface area contributed by atoms with Crippen LogP contribution >= 0.6 is 0 Å². The Balaban J connectivity index is 1.17. The number of hydrogen-bond donors (Lipinski definition) is 1. The van der Waals surface area contributed by atoms with E-state index >= 15 is 0 Å². The van der Waals surface area contributed by atoms with Crippen LogP contribution in [0.3, 0.4) is 0 Å². The predicted molar refractivity (Wildman–Crippen MR) is 169 cm³/mol. The fraction of sp³-hybridized carbons (Fsp3) is 0.471. The monoisotopic (exact) mass is 611 g/mol. The second-order valence-corrected chi connectivity index (χ2v) is 13.1. The molecule has 1 aliphatic rings. The van der Waals surface area contributed by atoms with Crippen LogP contribution in [-0.4, -0.2) is 73.2 Å². The van der Waals surface area contributed by atoms with E-state index in [-0.39, 0.29) is 11.9 Å². The van der Waals surface area contributed by atoms with Crippen LogP contribution in [0.25, 0.3) is 0 Å². The molecule has 0 aromatic heterocycles. The molecule has 3 aromatic rings. The zero-order valence-electron chi connectivity index (χ0n) is 25.3. The van der Waals surface area contributed by atoms with Crippen LogP contribution in [0.2, 0.25) is 0 Å². The van der Waals surface area contributed by atoms with E-state index in [9.17, 15) is 8.42 Å². The Bertz CT molecular complexity index is 1350. The Morgan fingerprint density at radius 3 is 2.33 bits per heavy atom. The molecule has 9 heteroatoms. The molecule has 0 unspecified atom stereocenters. The van der Waals surface area contributed by atoms with Crippen molar-refractivity contribution < 1.29 is 32.1 Å². The number of sulfone groups is 1. The smallest absolute Gasteiger partial charge is 0.147 e. The molecule has 0 saturated carbocycles. The first-order chi connectivity index (χ1) is 20.9. The summed E-state index contributed by atoms with van der Waals surface area (Å²) in [5.41, 5.74) is 3.31. The number of nitrogens with one attached hydrogen (secondary N) is 1. The quantitative estimate of drug-likeness (QED) is 0.196. The van der Waals surface area contributed by atoms with E-state index in [1.165, 1.54) is 11.8 Å². The van der Waals surface area contributed by atoms with Gasteiger partial charge in [0.25, 0.3) is 0 Å². The maximum absolute atomic E-state index is 11.5. The van der Waals surface area contributed by atoms with E-state index in [1.807, 2.05) is 60.7 Å².